The molecule has 1 aliphatic heterocycles. The summed E-state index contributed by atoms with van der Waals surface area (Å²) in [5.41, 5.74) is 2.02. The van der Waals surface area contributed by atoms with Gasteiger partial charge in [-0.15, -0.1) is 0 Å². The van der Waals surface area contributed by atoms with Crippen molar-refractivity contribution >= 4 is 12.0 Å². The minimum atomic E-state index is -0.306. The number of aromatic nitrogens is 2. The van der Waals surface area contributed by atoms with Crippen LogP contribution in [0.1, 0.15) is 30.6 Å². The van der Waals surface area contributed by atoms with Crippen LogP contribution in [0.5, 0.6) is 0 Å². The van der Waals surface area contributed by atoms with E-state index in [1.54, 1.807) is 24.2 Å². The van der Waals surface area contributed by atoms with E-state index in [1.165, 1.54) is 0 Å². The van der Waals surface area contributed by atoms with Crippen LogP contribution >= 0.6 is 0 Å². The molecule has 0 aromatic carbocycles. The third-order valence-corrected chi connectivity index (χ3v) is 4.21. The number of hydrogen-bond donors (Lipinski definition) is 1. The van der Waals surface area contributed by atoms with Gasteiger partial charge in [0.05, 0.1) is 13.0 Å². The molecule has 1 aliphatic rings. The van der Waals surface area contributed by atoms with Gasteiger partial charge in [-0.3, -0.25) is 9.78 Å². The largest absolute Gasteiger partial charge is 0.466 e. The van der Waals surface area contributed by atoms with Gasteiger partial charge in [0.15, 0.2) is 0 Å². The van der Waals surface area contributed by atoms with E-state index < -0.39 is 0 Å². The number of hydrogen-bond acceptors (Lipinski definition) is 4. The molecular weight excluding hydrogens is 320 g/mol. The lowest BCUT2D eigenvalue weighted by atomic mass is 10.0. The number of ether oxygens (including phenoxy) is 1. The molecule has 25 heavy (non-hydrogen) atoms. The topological polar surface area (TPSA) is 76.5 Å². The average Bonchev–Trinajstić information content (AvgIpc) is 3.10. The number of rotatable bonds is 5. The zero-order valence-electron chi connectivity index (χ0n) is 14.2. The van der Waals surface area contributed by atoms with Crippen molar-refractivity contribution in [2.24, 2.45) is 0 Å². The maximum absolute atomic E-state index is 12.7. The number of carbonyl (C=O) groups is 2. The number of amides is 2. The molecule has 0 radical (unpaired) electrons. The van der Waals surface area contributed by atoms with Crippen molar-refractivity contribution in [3.63, 3.8) is 0 Å². The molecule has 1 N–H and O–H groups in total. The molecule has 1 atom stereocenters. The number of pyridine rings is 1. The van der Waals surface area contributed by atoms with Gasteiger partial charge in [0, 0.05) is 43.9 Å². The Hall–Kier alpha value is -2.83. The Labute approximate surface area is 146 Å². The van der Waals surface area contributed by atoms with Crippen LogP contribution in [0.2, 0.25) is 0 Å². The number of nitrogens with zero attached hydrogens (tertiary/aromatic N) is 3. The third-order valence-electron chi connectivity index (χ3n) is 4.21. The molecule has 0 saturated heterocycles. The molecule has 132 valence electrons. The SMILES string of the molecule is CCOC(=O)CCNC(=O)N1CCn2cccc2[C@@H]1c1cccnc1. The van der Waals surface area contributed by atoms with Crippen LogP contribution in [0.3, 0.4) is 0 Å². The van der Waals surface area contributed by atoms with E-state index in [0.717, 1.165) is 17.8 Å². The van der Waals surface area contributed by atoms with E-state index in [0.29, 0.717) is 13.2 Å². The quantitative estimate of drug-likeness (QED) is 0.843. The Morgan fingerprint density at radius 1 is 1.32 bits per heavy atom. The van der Waals surface area contributed by atoms with Gasteiger partial charge in [-0.25, -0.2) is 4.79 Å². The first-order valence-corrected chi connectivity index (χ1v) is 8.45. The molecule has 0 fully saturated rings. The van der Waals surface area contributed by atoms with Crippen LogP contribution in [-0.2, 0) is 16.1 Å². The molecule has 7 nitrogen and oxygen atoms in total. The monoisotopic (exact) mass is 342 g/mol. The van der Waals surface area contributed by atoms with E-state index in [9.17, 15) is 9.59 Å². The van der Waals surface area contributed by atoms with Crippen molar-refractivity contribution < 1.29 is 14.3 Å². The third kappa shape index (κ3) is 3.81. The van der Waals surface area contributed by atoms with Crippen LogP contribution in [-0.4, -0.2) is 46.1 Å². The number of carbonyl (C=O) groups excluding carboxylic acids is 2. The first-order valence-electron chi connectivity index (χ1n) is 8.45. The van der Waals surface area contributed by atoms with Crippen molar-refractivity contribution in [2.75, 3.05) is 19.7 Å². The summed E-state index contributed by atoms with van der Waals surface area (Å²) >= 11 is 0. The predicted molar refractivity (Wildman–Crippen MR) is 91.9 cm³/mol. The number of fused-ring (bicyclic) bond motifs is 1. The second-order valence-corrected chi connectivity index (χ2v) is 5.80. The Morgan fingerprint density at radius 2 is 2.20 bits per heavy atom. The number of nitrogens with one attached hydrogen (secondary N) is 1. The van der Waals surface area contributed by atoms with E-state index >= 15 is 0 Å². The molecule has 0 saturated carbocycles. The van der Waals surface area contributed by atoms with E-state index in [1.807, 2.05) is 30.5 Å². The summed E-state index contributed by atoms with van der Waals surface area (Å²) in [7, 11) is 0. The van der Waals surface area contributed by atoms with Gasteiger partial charge in [0.2, 0.25) is 0 Å². The van der Waals surface area contributed by atoms with E-state index in [2.05, 4.69) is 14.9 Å². The second kappa shape index (κ2) is 7.83. The average molecular weight is 342 g/mol. The van der Waals surface area contributed by atoms with Crippen molar-refractivity contribution in [1.82, 2.24) is 19.8 Å². The fraction of sp³-hybridized carbons (Fsp3) is 0.389. The highest BCUT2D eigenvalue weighted by molar-refractivity contribution is 5.76. The van der Waals surface area contributed by atoms with E-state index in [-0.39, 0.29) is 31.0 Å². The molecule has 0 bridgehead atoms. The van der Waals surface area contributed by atoms with Crippen molar-refractivity contribution in [3.05, 3.63) is 54.1 Å². The maximum Gasteiger partial charge on any atom is 0.318 e. The van der Waals surface area contributed by atoms with Crippen LogP contribution in [0, 0.1) is 0 Å². The zero-order valence-corrected chi connectivity index (χ0v) is 14.2. The highest BCUT2D eigenvalue weighted by atomic mass is 16.5. The first-order chi connectivity index (χ1) is 12.2. The summed E-state index contributed by atoms with van der Waals surface area (Å²) in [4.78, 5) is 30.1. The maximum atomic E-state index is 12.7. The van der Waals surface area contributed by atoms with Gasteiger partial charge in [0.25, 0.3) is 0 Å². The second-order valence-electron chi connectivity index (χ2n) is 5.80. The number of esters is 1. The zero-order chi connectivity index (χ0) is 17.6. The smallest absolute Gasteiger partial charge is 0.318 e. The van der Waals surface area contributed by atoms with Crippen LogP contribution in [0.4, 0.5) is 4.79 Å². The van der Waals surface area contributed by atoms with E-state index in [4.69, 9.17) is 4.74 Å². The molecule has 7 heteroatoms. The molecule has 0 aliphatic carbocycles. The van der Waals surface area contributed by atoms with Crippen molar-refractivity contribution in [3.8, 4) is 0 Å². The fourth-order valence-electron chi connectivity index (χ4n) is 3.10. The summed E-state index contributed by atoms with van der Waals surface area (Å²) < 4.78 is 7.03. The van der Waals surface area contributed by atoms with Gasteiger partial charge < -0.3 is 19.5 Å². The fourth-order valence-corrected chi connectivity index (χ4v) is 3.10. The van der Waals surface area contributed by atoms with Gasteiger partial charge in [-0.1, -0.05) is 6.07 Å². The number of urea groups is 1. The minimum Gasteiger partial charge on any atom is -0.466 e. The molecule has 0 unspecified atom stereocenters. The Kier molecular flexibility index (Phi) is 5.33. The van der Waals surface area contributed by atoms with Crippen molar-refractivity contribution in [2.45, 2.75) is 25.9 Å². The molecule has 2 aromatic heterocycles. The minimum absolute atomic E-state index is 0.168. The Balaban J connectivity index is 1.73. The predicted octanol–water partition coefficient (Wildman–Crippen LogP) is 1.95. The summed E-state index contributed by atoms with van der Waals surface area (Å²) in [6.45, 7) is 3.70. The van der Waals surface area contributed by atoms with Crippen molar-refractivity contribution in [1.29, 1.82) is 0 Å². The summed E-state index contributed by atoms with van der Waals surface area (Å²) in [5, 5.41) is 2.82. The normalized spacial score (nSPS) is 16.2. The Bertz CT molecular complexity index is 729. The summed E-state index contributed by atoms with van der Waals surface area (Å²) in [5.74, 6) is -0.306. The first kappa shape index (κ1) is 17.0. The molecule has 0 spiro atoms. The lowest BCUT2D eigenvalue weighted by Crippen LogP contribution is -2.47. The highest BCUT2D eigenvalue weighted by Gasteiger charge is 2.32. The molecular formula is C18H22N4O3. The van der Waals surface area contributed by atoms with Crippen LogP contribution < -0.4 is 5.32 Å². The lowest BCUT2D eigenvalue weighted by Gasteiger charge is -2.37. The standard InChI is InChI=1S/C18H22N4O3/c1-2-25-16(23)7-9-20-18(24)22-12-11-21-10-4-6-15(21)17(22)14-5-3-8-19-13-14/h3-6,8,10,13,17H,2,7,9,11-12H2,1H3,(H,20,24)/t17-/m0/s1. The summed E-state index contributed by atoms with van der Waals surface area (Å²) in [6, 6.07) is 7.47. The van der Waals surface area contributed by atoms with Gasteiger partial charge in [-0.05, 0) is 30.7 Å². The molecule has 3 heterocycles. The Morgan fingerprint density at radius 3 is 2.96 bits per heavy atom. The summed E-state index contributed by atoms with van der Waals surface area (Å²) in [6.07, 6.45) is 5.69. The highest BCUT2D eigenvalue weighted by Crippen LogP contribution is 2.31. The van der Waals surface area contributed by atoms with Gasteiger partial charge >= 0.3 is 12.0 Å². The van der Waals surface area contributed by atoms with Crippen LogP contribution in [0.25, 0.3) is 0 Å². The molecule has 2 amide bonds. The molecule has 2 aromatic rings. The lowest BCUT2D eigenvalue weighted by molar-refractivity contribution is -0.142. The molecule has 3 rings (SSSR count). The van der Waals surface area contributed by atoms with Crippen LogP contribution in [0.15, 0.2) is 42.9 Å². The van der Waals surface area contributed by atoms with Gasteiger partial charge in [-0.2, -0.15) is 0 Å². The van der Waals surface area contributed by atoms with Gasteiger partial charge in [0.1, 0.15) is 6.04 Å².